The molecule has 16 heavy (non-hydrogen) atoms. The number of nitrogens with zero attached hydrogens (tertiary/aromatic N) is 4. The zero-order valence-electron chi connectivity index (χ0n) is 7.42. The average Bonchev–Trinajstić information content (AvgIpc) is 2.25. The Morgan fingerprint density at radius 1 is 0.812 bits per heavy atom. The van der Waals surface area contributed by atoms with E-state index in [1.54, 1.807) is 22.9 Å². The molecular weight excluding hydrogens is 280 g/mol. The molecule has 0 bridgehead atoms. The van der Waals surface area contributed by atoms with E-state index in [1.807, 2.05) is 0 Å². The maximum atomic E-state index is 8.70. The minimum absolute atomic E-state index is 0.00750. The first kappa shape index (κ1) is 14.6. The number of rotatable bonds is 2. The Morgan fingerprint density at radius 2 is 1.19 bits per heavy atom. The van der Waals surface area contributed by atoms with Gasteiger partial charge in [-0.2, -0.15) is 21.0 Å². The molecule has 0 saturated carbocycles. The van der Waals surface area contributed by atoms with E-state index < -0.39 is 0 Å². The highest BCUT2D eigenvalue weighted by Crippen LogP contribution is 2.22. The number of thioether (sulfide) groups is 2. The van der Waals surface area contributed by atoms with Crippen LogP contribution in [0, 0.1) is 44.0 Å². The van der Waals surface area contributed by atoms with Crippen LogP contribution in [0.3, 0.4) is 0 Å². The van der Waals surface area contributed by atoms with Crippen LogP contribution in [0.2, 0.25) is 0 Å². The van der Waals surface area contributed by atoms with Crippen LogP contribution in [0.25, 0.3) is 0 Å². The Kier molecular flexibility index (Phi) is 7.12. The van der Waals surface area contributed by atoms with Gasteiger partial charge in [0.05, 0.1) is 14.0 Å². The molecule has 8 heteroatoms. The average molecular weight is 280 g/mol. The largest absolute Gasteiger partial charge is 0.192 e. The highest BCUT2D eigenvalue weighted by molar-refractivity contribution is 8.29. The summed E-state index contributed by atoms with van der Waals surface area (Å²) in [5, 5.41) is 37.7. The van der Waals surface area contributed by atoms with Gasteiger partial charge >= 0.3 is 0 Å². The second-order valence-corrected chi connectivity index (χ2v) is 4.86. The number of allylic oxidation sites excluding steroid dienone is 1. The Labute approximate surface area is 111 Å². The van der Waals surface area contributed by atoms with E-state index in [4.69, 9.17) is 45.5 Å². The van der Waals surface area contributed by atoms with Crippen molar-refractivity contribution in [3.05, 3.63) is 11.1 Å². The number of nitriles is 4. The van der Waals surface area contributed by atoms with Gasteiger partial charge in [-0.15, -0.1) is 0 Å². The second kappa shape index (κ2) is 7.82. The van der Waals surface area contributed by atoms with Gasteiger partial charge in [0.15, 0.2) is 0 Å². The molecule has 0 aromatic rings. The van der Waals surface area contributed by atoms with Crippen LogP contribution >= 0.6 is 48.0 Å². The predicted octanol–water partition coefficient (Wildman–Crippen LogP) is 2.41. The molecule has 0 saturated heterocycles. The van der Waals surface area contributed by atoms with Gasteiger partial charge in [-0.25, -0.2) is 0 Å². The predicted molar refractivity (Wildman–Crippen MR) is 69.9 cm³/mol. The fourth-order valence-corrected chi connectivity index (χ4v) is 2.28. The summed E-state index contributed by atoms with van der Waals surface area (Å²) in [6.45, 7) is 0. The van der Waals surface area contributed by atoms with Crippen LogP contribution in [0.1, 0.15) is 0 Å². The molecule has 0 aromatic carbocycles. The van der Waals surface area contributed by atoms with Gasteiger partial charge in [-0.05, 0) is 0 Å². The lowest BCUT2D eigenvalue weighted by Crippen LogP contribution is -2.05. The van der Waals surface area contributed by atoms with Crippen molar-refractivity contribution in [2.75, 3.05) is 0 Å². The van der Waals surface area contributed by atoms with Gasteiger partial charge in [0, 0.05) is 23.5 Å². The van der Waals surface area contributed by atoms with Crippen molar-refractivity contribution in [2.45, 2.75) is 0 Å². The van der Waals surface area contributed by atoms with Crippen molar-refractivity contribution in [3.8, 4) is 22.9 Å². The molecule has 0 spiro atoms. The van der Waals surface area contributed by atoms with Gasteiger partial charge < -0.3 is 0 Å². The normalized spacial score (nSPS) is 7.50. The topological polar surface area (TPSA) is 95.2 Å². The highest BCUT2D eigenvalue weighted by Gasteiger charge is 2.18. The second-order valence-electron chi connectivity index (χ2n) is 1.94. The Bertz CT molecular complexity index is 474. The van der Waals surface area contributed by atoms with E-state index >= 15 is 0 Å². The SMILES string of the molecule is N#CSC(=S)C(C(=S)SC#N)=C(C#N)C#N. The molecule has 0 rings (SSSR count). The van der Waals surface area contributed by atoms with Gasteiger partial charge in [-0.3, -0.25) is 0 Å². The zero-order valence-corrected chi connectivity index (χ0v) is 10.7. The minimum atomic E-state index is -0.291. The third-order valence-electron chi connectivity index (χ3n) is 1.16. The number of thiocarbonyl (C=S) groups is 2. The monoisotopic (exact) mass is 280 g/mol. The van der Waals surface area contributed by atoms with Crippen LogP contribution in [0.5, 0.6) is 0 Å². The lowest BCUT2D eigenvalue weighted by atomic mass is 10.2. The summed E-state index contributed by atoms with van der Waals surface area (Å²) >= 11 is 10.9. The molecule has 0 heterocycles. The molecule has 0 fully saturated rings. The van der Waals surface area contributed by atoms with E-state index in [0.717, 1.165) is 0 Å². The Morgan fingerprint density at radius 3 is 1.44 bits per heavy atom. The van der Waals surface area contributed by atoms with Crippen molar-refractivity contribution in [1.29, 1.82) is 21.0 Å². The summed E-state index contributed by atoms with van der Waals surface area (Å²) in [5.74, 6) is 0. The van der Waals surface area contributed by atoms with Crippen LogP contribution < -0.4 is 0 Å². The van der Waals surface area contributed by atoms with Crippen LogP contribution in [0.4, 0.5) is 0 Å². The van der Waals surface area contributed by atoms with Crippen LogP contribution in [-0.4, -0.2) is 8.39 Å². The molecule has 0 aliphatic rings. The van der Waals surface area contributed by atoms with Crippen molar-refractivity contribution < 1.29 is 0 Å². The van der Waals surface area contributed by atoms with Gasteiger partial charge in [0.25, 0.3) is 0 Å². The summed E-state index contributed by atoms with van der Waals surface area (Å²) in [6, 6.07) is 3.26. The van der Waals surface area contributed by atoms with Gasteiger partial charge in [0.2, 0.25) is 0 Å². The molecule has 0 N–H and O–H groups in total. The molecule has 0 aromatic heterocycles. The maximum Gasteiger partial charge on any atom is 0.140 e. The molecular formula is C8N4S4. The lowest BCUT2D eigenvalue weighted by Gasteiger charge is -2.03. The Hall–Kier alpha value is -1.42. The molecule has 0 amide bonds. The first-order valence-corrected chi connectivity index (χ1v) is 5.82. The highest BCUT2D eigenvalue weighted by atomic mass is 32.2. The molecule has 0 aliphatic carbocycles. The van der Waals surface area contributed by atoms with E-state index in [0.29, 0.717) is 23.5 Å². The molecule has 0 radical (unpaired) electrons. The molecule has 76 valence electrons. The maximum absolute atomic E-state index is 8.70. The molecule has 0 aliphatic heterocycles. The number of thiocyanates is 2. The summed E-state index contributed by atoms with van der Waals surface area (Å²) in [7, 11) is 0. The lowest BCUT2D eigenvalue weighted by molar-refractivity contribution is 1.46. The van der Waals surface area contributed by atoms with E-state index in [-0.39, 0.29) is 19.5 Å². The number of hydrogen-bond acceptors (Lipinski definition) is 8. The summed E-state index contributed by atoms with van der Waals surface area (Å²) < 4.78 is 0.0432. The van der Waals surface area contributed by atoms with E-state index in [1.165, 1.54) is 0 Å². The van der Waals surface area contributed by atoms with Crippen molar-refractivity contribution in [2.24, 2.45) is 0 Å². The van der Waals surface area contributed by atoms with E-state index in [9.17, 15) is 0 Å². The first-order valence-electron chi connectivity index (χ1n) is 3.37. The molecule has 0 unspecified atom stereocenters. The standard InChI is InChI=1S/C8N4S4/c9-1-5(2-10)6(7(13)15-3-11)8(14)16-4-12. The van der Waals surface area contributed by atoms with Crippen LogP contribution in [0.15, 0.2) is 11.1 Å². The van der Waals surface area contributed by atoms with Crippen LogP contribution in [-0.2, 0) is 0 Å². The summed E-state index contributed by atoms with van der Waals surface area (Å²) in [5.41, 5.74) is -0.284. The zero-order chi connectivity index (χ0) is 12.6. The molecule has 0 atom stereocenters. The Balaban J connectivity index is 5.54. The first-order chi connectivity index (χ1) is 7.62. The summed E-state index contributed by atoms with van der Waals surface area (Å²) in [4.78, 5) is 0. The fraction of sp³-hybridized carbons (Fsp3) is 0. The smallest absolute Gasteiger partial charge is 0.140 e. The van der Waals surface area contributed by atoms with Gasteiger partial charge in [0.1, 0.15) is 28.5 Å². The number of hydrogen-bond donors (Lipinski definition) is 0. The fourth-order valence-electron chi connectivity index (χ4n) is 0.609. The van der Waals surface area contributed by atoms with Crippen molar-refractivity contribution in [1.82, 2.24) is 0 Å². The quantitative estimate of drug-likeness (QED) is 0.329. The van der Waals surface area contributed by atoms with Crippen molar-refractivity contribution >= 4 is 56.4 Å². The minimum Gasteiger partial charge on any atom is -0.192 e. The van der Waals surface area contributed by atoms with E-state index in [2.05, 4.69) is 0 Å². The molecule has 4 nitrogen and oxygen atoms in total. The van der Waals surface area contributed by atoms with Gasteiger partial charge in [-0.1, -0.05) is 24.4 Å². The van der Waals surface area contributed by atoms with Crippen molar-refractivity contribution in [3.63, 3.8) is 0 Å². The third-order valence-corrected chi connectivity index (χ3v) is 3.03. The third kappa shape index (κ3) is 3.98. The summed E-state index contributed by atoms with van der Waals surface area (Å²) in [6.07, 6.45) is 0.